The number of hydrogen-bond donors (Lipinski definition) is 1. The zero-order valence-electron chi connectivity index (χ0n) is 17.5. The van der Waals surface area contributed by atoms with E-state index in [-0.39, 0.29) is 18.3 Å². The average molecular weight is 475 g/mol. The highest BCUT2D eigenvalue weighted by atomic mass is 35.5. The molecule has 0 amide bonds. The predicted molar refractivity (Wildman–Crippen MR) is 125 cm³/mol. The van der Waals surface area contributed by atoms with Gasteiger partial charge in [0.1, 0.15) is 19.0 Å². The SMILES string of the molecule is Nc1ncc(-c2ccc(OCCN3CCOCC3)cc2)nc1OCc1c(Cl)cccc1Cl. The molecule has 1 aliphatic heterocycles. The number of nitrogen functional groups attached to an aromatic ring is 1. The molecule has 9 heteroatoms. The average Bonchev–Trinajstić information content (AvgIpc) is 2.81. The molecule has 7 nitrogen and oxygen atoms in total. The number of nitrogens with two attached hydrogens (primary N) is 1. The van der Waals surface area contributed by atoms with Crippen molar-refractivity contribution in [2.45, 2.75) is 6.61 Å². The summed E-state index contributed by atoms with van der Waals surface area (Å²) >= 11 is 12.4. The molecule has 0 bridgehead atoms. The molecule has 168 valence electrons. The van der Waals surface area contributed by atoms with Crippen molar-refractivity contribution in [2.24, 2.45) is 0 Å². The van der Waals surface area contributed by atoms with Crippen LogP contribution in [-0.4, -0.2) is 54.3 Å². The normalized spacial score (nSPS) is 14.3. The summed E-state index contributed by atoms with van der Waals surface area (Å²) in [5, 5.41) is 1.04. The van der Waals surface area contributed by atoms with Gasteiger partial charge in [-0.15, -0.1) is 0 Å². The smallest absolute Gasteiger partial charge is 0.258 e. The van der Waals surface area contributed by atoms with Gasteiger partial charge >= 0.3 is 0 Å². The first-order valence-corrected chi connectivity index (χ1v) is 11.1. The monoisotopic (exact) mass is 474 g/mol. The molecule has 4 rings (SSSR count). The number of aromatic nitrogens is 2. The lowest BCUT2D eigenvalue weighted by Crippen LogP contribution is -2.38. The summed E-state index contributed by atoms with van der Waals surface area (Å²) in [7, 11) is 0. The third-order valence-corrected chi connectivity index (χ3v) is 5.82. The first kappa shape index (κ1) is 22.6. The Morgan fingerprint density at radius 3 is 2.44 bits per heavy atom. The summed E-state index contributed by atoms with van der Waals surface area (Å²) in [5.74, 6) is 1.22. The Kier molecular flexibility index (Phi) is 7.65. The highest BCUT2D eigenvalue weighted by Gasteiger charge is 2.12. The van der Waals surface area contributed by atoms with Gasteiger partial charge in [-0.1, -0.05) is 29.3 Å². The second kappa shape index (κ2) is 10.8. The molecule has 0 atom stereocenters. The third kappa shape index (κ3) is 5.81. The number of rotatable bonds is 8. The van der Waals surface area contributed by atoms with Crippen molar-refractivity contribution in [3.63, 3.8) is 0 Å². The molecule has 2 N–H and O–H groups in total. The molecule has 32 heavy (non-hydrogen) atoms. The Morgan fingerprint density at radius 1 is 1.00 bits per heavy atom. The lowest BCUT2D eigenvalue weighted by molar-refractivity contribution is 0.0322. The minimum Gasteiger partial charge on any atom is -0.492 e. The number of ether oxygens (including phenoxy) is 3. The summed E-state index contributed by atoms with van der Waals surface area (Å²) in [5.41, 5.74) is 8.13. The minimum absolute atomic E-state index is 0.136. The number of nitrogens with zero attached hydrogens (tertiary/aromatic N) is 3. The molecular formula is C23H24Cl2N4O3. The highest BCUT2D eigenvalue weighted by Crippen LogP contribution is 2.28. The number of hydrogen-bond acceptors (Lipinski definition) is 7. The van der Waals surface area contributed by atoms with Crippen molar-refractivity contribution in [2.75, 3.05) is 45.2 Å². The maximum atomic E-state index is 6.21. The van der Waals surface area contributed by atoms with E-state index in [4.69, 9.17) is 43.1 Å². The van der Waals surface area contributed by atoms with Gasteiger partial charge in [-0.3, -0.25) is 4.90 Å². The van der Waals surface area contributed by atoms with E-state index in [1.54, 1.807) is 24.4 Å². The second-order valence-electron chi connectivity index (χ2n) is 7.26. The Balaban J connectivity index is 1.38. The van der Waals surface area contributed by atoms with Gasteiger partial charge in [-0.25, -0.2) is 9.97 Å². The largest absolute Gasteiger partial charge is 0.492 e. The molecule has 3 aromatic rings. The van der Waals surface area contributed by atoms with Crippen LogP contribution in [0.1, 0.15) is 5.56 Å². The topological polar surface area (TPSA) is 82.7 Å². The van der Waals surface area contributed by atoms with Gasteiger partial charge in [0.25, 0.3) is 5.88 Å². The lowest BCUT2D eigenvalue weighted by Gasteiger charge is -2.26. The molecule has 0 spiro atoms. The molecule has 0 aliphatic carbocycles. The first-order valence-electron chi connectivity index (χ1n) is 10.3. The van der Waals surface area contributed by atoms with Crippen molar-refractivity contribution in [1.29, 1.82) is 0 Å². The van der Waals surface area contributed by atoms with Crippen LogP contribution in [0, 0.1) is 0 Å². The van der Waals surface area contributed by atoms with Crippen LogP contribution in [0.3, 0.4) is 0 Å². The number of morpholine rings is 1. The number of benzene rings is 2. The number of halogens is 2. The summed E-state index contributed by atoms with van der Waals surface area (Å²) in [6.07, 6.45) is 1.61. The summed E-state index contributed by atoms with van der Waals surface area (Å²) in [4.78, 5) is 11.1. The summed E-state index contributed by atoms with van der Waals surface area (Å²) in [6, 6.07) is 13.0. The standard InChI is InChI=1S/C23H24Cl2N4O3/c24-19-2-1-3-20(25)18(19)15-32-23-22(26)27-14-21(28-23)16-4-6-17(7-5-16)31-13-10-29-8-11-30-12-9-29/h1-7,14H,8-13,15H2,(H2,26,27). The first-order chi connectivity index (χ1) is 15.6. The summed E-state index contributed by atoms with van der Waals surface area (Å²) < 4.78 is 17.0. The molecule has 0 unspecified atom stereocenters. The Hall–Kier alpha value is -2.58. The van der Waals surface area contributed by atoms with E-state index in [1.807, 2.05) is 24.3 Å². The van der Waals surface area contributed by atoms with Gasteiger partial charge in [0.2, 0.25) is 0 Å². The van der Waals surface area contributed by atoms with Crippen LogP contribution >= 0.6 is 23.2 Å². The fourth-order valence-electron chi connectivity index (χ4n) is 3.28. The van der Waals surface area contributed by atoms with E-state index in [9.17, 15) is 0 Å². The molecule has 1 saturated heterocycles. The number of anilines is 1. The predicted octanol–water partition coefficient (Wildman–Crippen LogP) is 4.32. The van der Waals surface area contributed by atoms with Crippen molar-refractivity contribution >= 4 is 29.0 Å². The minimum atomic E-state index is 0.136. The zero-order valence-corrected chi connectivity index (χ0v) is 19.0. The van der Waals surface area contributed by atoms with E-state index >= 15 is 0 Å². The van der Waals surface area contributed by atoms with Crippen LogP contribution in [0.15, 0.2) is 48.7 Å². The van der Waals surface area contributed by atoms with Gasteiger partial charge in [0.05, 0.1) is 25.1 Å². The van der Waals surface area contributed by atoms with Gasteiger partial charge < -0.3 is 19.9 Å². The molecule has 0 saturated carbocycles. The maximum absolute atomic E-state index is 6.21. The third-order valence-electron chi connectivity index (χ3n) is 5.11. The van der Waals surface area contributed by atoms with Gasteiger partial charge in [0.15, 0.2) is 5.82 Å². The van der Waals surface area contributed by atoms with Gasteiger partial charge in [0, 0.05) is 40.8 Å². The van der Waals surface area contributed by atoms with Crippen molar-refractivity contribution in [1.82, 2.24) is 14.9 Å². The van der Waals surface area contributed by atoms with Crippen LogP contribution in [0.2, 0.25) is 10.0 Å². The van der Waals surface area contributed by atoms with E-state index in [0.717, 1.165) is 44.2 Å². The zero-order chi connectivity index (χ0) is 22.3. The Bertz CT molecular complexity index is 1020. The van der Waals surface area contributed by atoms with Crippen molar-refractivity contribution in [3.8, 4) is 22.9 Å². The van der Waals surface area contributed by atoms with E-state index < -0.39 is 0 Å². The van der Waals surface area contributed by atoms with E-state index in [0.29, 0.717) is 27.9 Å². The fraction of sp³-hybridized carbons (Fsp3) is 0.304. The van der Waals surface area contributed by atoms with Crippen LogP contribution < -0.4 is 15.2 Å². The van der Waals surface area contributed by atoms with Crippen molar-refractivity contribution in [3.05, 3.63) is 64.3 Å². The van der Waals surface area contributed by atoms with E-state index in [1.165, 1.54) is 0 Å². The quantitative estimate of drug-likeness (QED) is 0.520. The van der Waals surface area contributed by atoms with Gasteiger partial charge in [-0.05, 0) is 36.4 Å². The highest BCUT2D eigenvalue weighted by molar-refractivity contribution is 6.35. The fourth-order valence-corrected chi connectivity index (χ4v) is 3.78. The lowest BCUT2D eigenvalue weighted by atomic mass is 10.1. The van der Waals surface area contributed by atoms with Crippen LogP contribution in [0.25, 0.3) is 11.3 Å². The van der Waals surface area contributed by atoms with Crippen LogP contribution in [-0.2, 0) is 11.3 Å². The second-order valence-corrected chi connectivity index (χ2v) is 8.08. The molecule has 1 aliphatic rings. The molecular weight excluding hydrogens is 451 g/mol. The molecule has 1 fully saturated rings. The van der Waals surface area contributed by atoms with Crippen LogP contribution in [0.5, 0.6) is 11.6 Å². The molecule has 1 aromatic heterocycles. The van der Waals surface area contributed by atoms with E-state index in [2.05, 4.69) is 14.9 Å². The van der Waals surface area contributed by atoms with Crippen molar-refractivity contribution < 1.29 is 14.2 Å². The Morgan fingerprint density at radius 2 is 1.72 bits per heavy atom. The van der Waals surface area contributed by atoms with Crippen LogP contribution in [0.4, 0.5) is 5.82 Å². The Labute approximate surface area is 197 Å². The maximum Gasteiger partial charge on any atom is 0.258 e. The molecule has 2 heterocycles. The molecule has 0 radical (unpaired) electrons. The molecule has 2 aromatic carbocycles. The summed E-state index contributed by atoms with van der Waals surface area (Å²) in [6.45, 7) is 5.12. The van der Waals surface area contributed by atoms with Gasteiger partial charge in [-0.2, -0.15) is 0 Å².